The van der Waals surface area contributed by atoms with E-state index in [1.165, 1.54) is 0 Å². The van der Waals surface area contributed by atoms with Crippen LogP contribution in [-0.2, 0) is 4.79 Å². The number of hydrogen-bond donors (Lipinski definition) is 1. The average molecular weight is 227 g/mol. The van der Waals surface area contributed by atoms with Gasteiger partial charge in [0.05, 0.1) is 0 Å². The quantitative estimate of drug-likeness (QED) is 0.198. The van der Waals surface area contributed by atoms with Gasteiger partial charge in [0.2, 0.25) is 0 Å². The van der Waals surface area contributed by atoms with E-state index in [-0.39, 0.29) is 27.4 Å². The fourth-order valence-corrected chi connectivity index (χ4v) is 2.11. The van der Waals surface area contributed by atoms with Crippen LogP contribution in [0.15, 0.2) is 0 Å². The van der Waals surface area contributed by atoms with E-state index >= 15 is 0 Å². The Hall–Kier alpha value is 0.160. The second kappa shape index (κ2) is 2.63. The minimum atomic E-state index is -0.0394. The van der Waals surface area contributed by atoms with E-state index < -0.39 is 0 Å². The number of carbonyl (C=O) groups is 1. The Labute approximate surface area is 59.0 Å². The molecule has 0 unspecified atom stereocenters. The molecule has 0 aromatic rings. The fourth-order valence-electron chi connectivity index (χ4n) is 0.524. The van der Waals surface area contributed by atoms with E-state index in [4.69, 9.17) is 0 Å². The molecule has 1 saturated heterocycles. The molecule has 1 amide bonds. The van der Waals surface area contributed by atoms with Crippen LogP contribution in [0.5, 0.6) is 0 Å². The van der Waals surface area contributed by atoms with Crippen molar-refractivity contribution in [3.05, 3.63) is 0 Å². The number of rotatable bonds is 0. The summed E-state index contributed by atoms with van der Waals surface area (Å²) in [5, 5.41) is 0. The molecule has 0 atom stereocenters. The summed E-state index contributed by atoms with van der Waals surface area (Å²) in [5.41, 5.74) is 0. The van der Waals surface area contributed by atoms with Gasteiger partial charge in [0.15, 0.2) is 0 Å². The summed E-state index contributed by atoms with van der Waals surface area (Å²) in [6.45, 7) is 0.583. The molecular weight excluding hydrogens is 219 g/mol. The van der Waals surface area contributed by atoms with Crippen LogP contribution in [0.1, 0.15) is 0 Å². The molecular formula is C4H8IN2O-. The predicted molar refractivity (Wildman–Crippen MR) is 25.6 cm³/mol. The van der Waals surface area contributed by atoms with Crippen LogP contribution in [0, 0.1) is 0 Å². The van der Waals surface area contributed by atoms with Crippen LogP contribution < -0.4 is 25.0 Å². The number of hydrogen-bond acceptors (Lipinski definition) is 2. The van der Waals surface area contributed by atoms with Crippen LogP contribution >= 0.6 is 0 Å². The maximum atomic E-state index is 10.5. The molecule has 1 rings (SSSR count). The molecule has 8 heavy (non-hydrogen) atoms. The van der Waals surface area contributed by atoms with Gasteiger partial charge in [-0.3, -0.25) is 0 Å². The monoisotopic (exact) mass is 227 g/mol. The second-order valence-electron chi connectivity index (χ2n) is 1.78. The van der Waals surface area contributed by atoms with Crippen molar-refractivity contribution in [3.63, 3.8) is 0 Å². The zero-order valence-electron chi connectivity index (χ0n) is 4.65. The number of nitrogens with one attached hydrogen (secondary N) is 1. The Bertz CT molecular complexity index is 106. The molecule has 0 aliphatic carbocycles. The van der Waals surface area contributed by atoms with Crippen LogP contribution in [0.2, 0.25) is 0 Å². The average Bonchev–Trinajstić information content (AvgIpc) is 1.64. The van der Waals surface area contributed by atoms with Crippen molar-refractivity contribution in [1.82, 2.24) is 8.43 Å². The summed E-state index contributed by atoms with van der Waals surface area (Å²) in [6, 6.07) is 0. The van der Waals surface area contributed by atoms with Gasteiger partial charge in [-0.2, -0.15) is 0 Å². The third-order valence-corrected chi connectivity index (χ3v) is 3.34. The number of alkyl halides is 1. The standard InChI is InChI=1S/C4H8IN2O/c1-7-2-4(8)6-5-3-7/h2-3H2,1H3,(H,6,8)/q-1. The van der Waals surface area contributed by atoms with E-state index in [2.05, 4.69) is 3.53 Å². The molecule has 3 nitrogen and oxygen atoms in total. The number of amides is 1. The molecule has 48 valence electrons. The molecule has 1 aliphatic heterocycles. The fraction of sp³-hybridized carbons (Fsp3) is 0.750. The van der Waals surface area contributed by atoms with Gasteiger partial charge in [-0.15, -0.1) is 0 Å². The summed E-state index contributed by atoms with van der Waals surface area (Å²) in [6.07, 6.45) is 0. The molecule has 0 saturated carbocycles. The van der Waals surface area contributed by atoms with Gasteiger partial charge in [0, 0.05) is 0 Å². The Morgan fingerprint density at radius 3 is 3.00 bits per heavy atom. The first-order valence-corrected chi connectivity index (χ1v) is 4.95. The van der Waals surface area contributed by atoms with Gasteiger partial charge >= 0.3 is 58.8 Å². The Morgan fingerprint density at radius 2 is 2.62 bits per heavy atom. The zero-order valence-corrected chi connectivity index (χ0v) is 6.81. The molecule has 1 aliphatic rings. The van der Waals surface area contributed by atoms with E-state index in [0.717, 1.165) is 4.55 Å². The Kier molecular flexibility index (Phi) is 2.07. The zero-order chi connectivity index (χ0) is 5.98. The summed E-state index contributed by atoms with van der Waals surface area (Å²) < 4.78 is 3.93. The molecule has 0 spiro atoms. The second-order valence-corrected chi connectivity index (χ2v) is 3.77. The van der Waals surface area contributed by atoms with Crippen molar-refractivity contribution >= 4 is 5.91 Å². The van der Waals surface area contributed by atoms with Crippen LogP contribution in [0.4, 0.5) is 0 Å². The SMILES string of the molecule is CN1C[I-]NC(=O)C1. The first kappa shape index (κ1) is 6.28. The van der Waals surface area contributed by atoms with Crippen LogP contribution in [-0.4, -0.2) is 29.0 Å². The topological polar surface area (TPSA) is 32.3 Å². The van der Waals surface area contributed by atoms with Gasteiger partial charge in [-0.05, 0) is 0 Å². The van der Waals surface area contributed by atoms with Gasteiger partial charge < -0.3 is 0 Å². The summed E-state index contributed by atoms with van der Waals surface area (Å²) in [4.78, 5) is 12.6. The van der Waals surface area contributed by atoms with Crippen LogP contribution in [0.3, 0.4) is 0 Å². The number of nitrogens with zero attached hydrogens (tertiary/aromatic N) is 1. The van der Waals surface area contributed by atoms with Gasteiger partial charge in [-0.25, -0.2) is 0 Å². The van der Waals surface area contributed by atoms with Crippen molar-refractivity contribution in [1.29, 1.82) is 0 Å². The molecule has 0 radical (unpaired) electrons. The van der Waals surface area contributed by atoms with Crippen molar-refractivity contribution in [2.75, 3.05) is 18.1 Å². The van der Waals surface area contributed by atoms with Gasteiger partial charge in [0.25, 0.3) is 0 Å². The van der Waals surface area contributed by atoms with E-state index in [1.54, 1.807) is 0 Å². The van der Waals surface area contributed by atoms with Crippen molar-refractivity contribution in [2.45, 2.75) is 0 Å². The molecule has 0 bridgehead atoms. The molecule has 1 heterocycles. The third kappa shape index (κ3) is 1.59. The number of likely N-dealkylation sites (N-methyl/N-ethyl adjacent to an activating group) is 1. The van der Waals surface area contributed by atoms with Crippen molar-refractivity contribution in [2.24, 2.45) is 0 Å². The first-order chi connectivity index (χ1) is 3.79. The van der Waals surface area contributed by atoms with E-state index in [0.29, 0.717) is 6.54 Å². The first-order valence-electron chi connectivity index (χ1n) is 2.34. The van der Waals surface area contributed by atoms with Crippen molar-refractivity contribution < 1.29 is 26.3 Å². The van der Waals surface area contributed by atoms with Gasteiger partial charge in [0.1, 0.15) is 0 Å². The number of carbonyl (C=O) groups excluding carboxylic acids is 1. The minimum absolute atomic E-state index is 0.0394. The summed E-state index contributed by atoms with van der Waals surface area (Å²) >= 11 is -0.0394. The Morgan fingerprint density at radius 1 is 1.88 bits per heavy atom. The third-order valence-electron chi connectivity index (χ3n) is 0.850. The normalized spacial score (nSPS) is 23.9. The molecule has 0 aromatic carbocycles. The Balaban J connectivity index is 2.34. The van der Waals surface area contributed by atoms with E-state index in [9.17, 15) is 4.79 Å². The van der Waals surface area contributed by atoms with Crippen LogP contribution in [0.25, 0.3) is 0 Å². The summed E-state index contributed by atoms with van der Waals surface area (Å²) in [7, 11) is 1.97. The molecule has 1 N–H and O–H groups in total. The predicted octanol–water partition coefficient (Wildman–Crippen LogP) is -3.99. The van der Waals surface area contributed by atoms with Crippen molar-refractivity contribution in [3.8, 4) is 0 Å². The summed E-state index contributed by atoms with van der Waals surface area (Å²) in [5.74, 6) is 0.187. The van der Waals surface area contributed by atoms with Gasteiger partial charge in [-0.1, -0.05) is 0 Å². The van der Waals surface area contributed by atoms with E-state index in [1.807, 2.05) is 11.9 Å². The molecule has 0 aromatic heterocycles. The molecule has 1 fully saturated rings. The molecule has 4 heteroatoms. The number of halogens is 1. The maximum absolute atomic E-state index is 10.5.